The normalized spacial score (nSPS) is 11.9. The number of hydrogen-bond donors (Lipinski definition) is 3. The average molecular weight is 790 g/mol. The van der Waals surface area contributed by atoms with Crippen LogP contribution in [0, 0.1) is 6.92 Å². The van der Waals surface area contributed by atoms with Gasteiger partial charge in [-0.25, -0.2) is 4.79 Å². The van der Waals surface area contributed by atoms with Crippen molar-refractivity contribution in [2.75, 3.05) is 16.4 Å². The number of ether oxygens (including phenoxy) is 1. The lowest BCUT2D eigenvalue weighted by Gasteiger charge is -2.36. The van der Waals surface area contributed by atoms with Gasteiger partial charge in [0.15, 0.2) is 5.78 Å². The summed E-state index contributed by atoms with van der Waals surface area (Å²) in [6.07, 6.45) is -0.631. The van der Waals surface area contributed by atoms with Crippen molar-refractivity contribution in [3.63, 3.8) is 0 Å². The van der Waals surface area contributed by atoms with Crippen molar-refractivity contribution < 1.29 is 23.9 Å². The minimum Gasteiger partial charge on any atom is -0.444 e. The molecule has 0 spiro atoms. The molecule has 0 aliphatic rings. The number of carbonyl (C=O) groups is 4. The molecule has 0 saturated heterocycles. The van der Waals surface area contributed by atoms with Crippen molar-refractivity contribution in [2.45, 2.75) is 50.5 Å². The summed E-state index contributed by atoms with van der Waals surface area (Å²) in [4.78, 5) is 55.0. The second kappa shape index (κ2) is 18.7. The molecule has 0 unspecified atom stereocenters. The molecule has 9 heteroatoms. The van der Waals surface area contributed by atoms with Crippen molar-refractivity contribution in [1.82, 2.24) is 5.32 Å². The number of carbonyl (C=O) groups excluding carboxylic acids is 4. The largest absolute Gasteiger partial charge is 0.444 e. The van der Waals surface area contributed by atoms with Gasteiger partial charge in [0.25, 0.3) is 0 Å². The second-order valence-corrected chi connectivity index (χ2v) is 16.2. The number of hydrogen-bond acceptors (Lipinski definition) is 6. The SMILES string of the molecule is Cc1ccc(CC(=O)Nc2ccc(NC(=O)[C@H](CSC(c3ccccc3)(c3ccccc3)c3ccccc3)NC(=O)OC(C)(C)C)cc2C(=O)c2ccccc2)cc1. The van der Waals surface area contributed by atoms with Crippen LogP contribution >= 0.6 is 11.8 Å². The van der Waals surface area contributed by atoms with Crippen molar-refractivity contribution in [3.05, 3.63) is 203 Å². The van der Waals surface area contributed by atoms with Gasteiger partial charge >= 0.3 is 6.09 Å². The van der Waals surface area contributed by atoms with E-state index in [2.05, 4.69) is 52.3 Å². The lowest BCUT2D eigenvalue weighted by molar-refractivity contribution is -0.118. The smallest absolute Gasteiger partial charge is 0.408 e. The fraction of sp³-hybridized carbons (Fsp3) is 0.184. The van der Waals surface area contributed by atoms with Gasteiger partial charge in [-0.1, -0.05) is 151 Å². The summed E-state index contributed by atoms with van der Waals surface area (Å²) < 4.78 is 4.86. The zero-order valence-electron chi connectivity index (χ0n) is 33.0. The Labute approximate surface area is 344 Å². The van der Waals surface area contributed by atoms with E-state index in [1.54, 1.807) is 63.2 Å². The van der Waals surface area contributed by atoms with Crippen molar-refractivity contribution in [1.29, 1.82) is 0 Å². The molecule has 6 rings (SSSR count). The molecule has 6 aromatic rings. The van der Waals surface area contributed by atoms with E-state index in [-0.39, 0.29) is 29.4 Å². The van der Waals surface area contributed by atoms with Crippen LogP contribution in [0.5, 0.6) is 0 Å². The highest BCUT2D eigenvalue weighted by atomic mass is 32.2. The Morgan fingerprint density at radius 1 is 0.638 bits per heavy atom. The van der Waals surface area contributed by atoms with Gasteiger partial charge in [-0.05, 0) is 68.1 Å². The number of amides is 3. The van der Waals surface area contributed by atoms with Crippen LogP contribution in [0.4, 0.5) is 16.2 Å². The summed E-state index contributed by atoms with van der Waals surface area (Å²) >= 11 is 1.52. The highest BCUT2D eigenvalue weighted by Gasteiger charge is 2.39. The van der Waals surface area contributed by atoms with Crippen LogP contribution < -0.4 is 16.0 Å². The number of benzene rings is 6. The molecule has 3 N–H and O–H groups in total. The number of alkyl carbamates (subject to hydrolysis) is 1. The molecule has 0 heterocycles. The van der Waals surface area contributed by atoms with E-state index < -0.39 is 28.4 Å². The van der Waals surface area contributed by atoms with E-state index in [0.29, 0.717) is 16.9 Å². The third kappa shape index (κ3) is 10.5. The Morgan fingerprint density at radius 3 is 1.67 bits per heavy atom. The predicted molar refractivity (Wildman–Crippen MR) is 233 cm³/mol. The molecular weight excluding hydrogens is 743 g/mol. The second-order valence-electron chi connectivity index (χ2n) is 14.9. The first kappa shape index (κ1) is 41.2. The first-order chi connectivity index (χ1) is 27.9. The van der Waals surface area contributed by atoms with Gasteiger partial charge in [0.1, 0.15) is 11.6 Å². The summed E-state index contributed by atoms with van der Waals surface area (Å²) in [7, 11) is 0. The number of rotatable bonds is 14. The Kier molecular flexibility index (Phi) is 13.3. The highest BCUT2D eigenvalue weighted by Crippen LogP contribution is 2.48. The van der Waals surface area contributed by atoms with Crippen LogP contribution in [-0.4, -0.2) is 41.1 Å². The fourth-order valence-corrected chi connectivity index (χ4v) is 8.15. The third-order valence-electron chi connectivity index (χ3n) is 9.34. The van der Waals surface area contributed by atoms with Crippen LogP contribution in [0.3, 0.4) is 0 Å². The fourth-order valence-electron chi connectivity index (χ4n) is 6.59. The molecule has 0 radical (unpaired) electrons. The zero-order valence-corrected chi connectivity index (χ0v) is 33.8. The van der Waals surface area contributed by atoms with Gasteiger partial charge in [-0.15, -0.1) is 11.8 Å². The van der Waals surface area contributed by atoms with Gasteiger partial charge < -0.3 is 20.7 Å². The Morgan fingerprint density at radius 2 is 1.16 bits per heavy atom. The third-order valence-corrected chi connectivity index (χ3v) is 11.0. The van der Waals surface area contributed by atoms with Crippen LogP contribution in [0.15, 0.2) is 164 Å². The molecule has 294 valence electrons. The summed E-state index contributed by atoms with van der Waals surface area (Å²) in [5.74, 6) is -1.01. The highest BCUT2D eigenvalue weighted by molar-refractivity contribution is 8.00. The molecule has 3 amide bonds. The molecular formula is C49H47N3O5S. The molecule has 8 nitrogen and oxygen atoms in total. The lowest BCUT2D eigenvalue weighted by Crippen LogP contribution is -2.48. The minimum atomic E-state index is -1.09. The van der Waals surface area contributed by atoms with Crippen LogP contribution in [0.1, 0.15) is 64.5 Å². The van der Waals surface area contributed by atoms with Gasteiger partial charge in [-0.2, -0.15) is 0 Å². The molecule has 0 aliphatic carbocycles. The van der Waals surface area contributed by atoms with E-state index in [9.17, 15) is 19.2 Å². The molecule has 0 fully saturated rings. The number of aryl methyl sites for hydroxylation is 1. The van der Waals surface area contributed by atoms with Crippen LogP contribution in [-0.2, 0) is 25.5 Å². The molecule has 0 saturated carbocycles. The van der Waals surface area contributed by atoms with E-state index >= 15 is 0 Å². The van der Waals surface area contributed by atoms with E-state index in [1.165, 1.54) is 11.8 Å². The van der Waals surface area contributed by atoms with E-state index in [0.717, 1.165) is 27.8 Å². The minimum absolute atomic E-state index is 0.115. The monoisotopic (exact) mass is 789 g/mol. The van der Waals surface area contributed by atoms with Gasteiger partial charge in [-0.3, -0.25) is 14.4 Å². The average Bonchev–Trinajstić information content (AvgIpc) is 3.22. The molecule has 0 aliphatic heterocycles. The Balaban J connectivity index is 1.34. The predicted octanol–water partition coefficient (Wildman–Crippen LogP) is 9.96. The molecule has 0 bridgehead atoms. The first-order valence-electron chi connectivity index (χ1n) is 19.1. The lowest BCUT2D eigenvalue weighted by atomic mass is 9.84. The maximum atomic E-state index is 14.4. The zero-order chi connectivity index (χ0) is 41.1. The number of nitrogens with one attached hydrogen (secondary N) is 3. The first-order valence-corrected chi connectivity index (χ1v) is 20.1. The standard InChI is InChI=1S/C49H47N3O5S/c1-34-25-27-35(28-26-34)31-44(53)51-42-30-29-40(32-41(42)45(54)36-17-9-5-10-18-36)50-46(55)43(52-47(56)57-48(2,3)4)33-58-49(37-19-11-6-12-20-37,38-21-13-7-14-22-38)39-23-15-8-16-24-39/h5-30,32,43H,31,33H2,1-4H3,(H,50,55)(H,51,53)(H,52,56)/t43-/m0/s1. The Bertz CT molecular complexity index is 2230. The molecule has 58 heavy (non-hydrogen) atoms. The summed E-state index contributed by atoms with van der Waals surface area (Å²) in [6, 6.07) is 50.3. The van der Waals surface area contributed by atoms with E-state index in [4.69, 9.17) is 4.74 Å². The Hall–Kier alpha value is -6.45. The van der Waals surface area contributed by atoms with Gasteiger partial charge in [0, 0.05) is 22.6 Å². The van der Waals surface area contributed by atoms with Crippen LogP contribution in [0.2, 0.25) is 0 Å². The van der Waals surface area contributed by atoms with E-state index in [1.807, 2.05) is 91.9 Å². The number of ketones is 1. The summed E-state index contributed by atoms with van der Waals surface area (Å²) in [5, 5.41) is 8.69. The number of anilines is 2. The molecule has 6 aromatic carbocycles. The maximum absolute atomic E-state index is 14.4. The van der Waals surface area contributed by atoms with Gasteiger partial charge in [0.05, 0.1) is 16.9 Å². The van der Waals surface area contributed by atoms with Crippen molar-refractivity contribution in [3.8, 4) is 0 Å². The van der Waals surface area contributed by atoms with Crippen molar-refractivity contribution >= 4 is 46.8 Å². The van der Waals surface area contributed by atoms with Gasteiger partial charge in [0.2, 0.25) is 11.8 Å². The quantitative estimate of drug-likeness (QED) is 0.0748. The number of thioether (sulfide) groups is 1. The maximum Gasteiger partial charge on any atom is 0.408 e. The topological polar surface area (TPSA) is 114 Å². The summed E-state index contributed by atoms with van der Waals surface area (Å²) in [6.45, 7) is 7.25. The molecule has 1 atom stereocenters. The van der Waals surface area contributed by atoms with Crippen molar-refractivity contribution in [2.24, 2.45) is 0 Å². The summed E-state index contributed by atoms with van der Waals surface area (Å²) in [5.41, 5.74) is 5.33. The van der Waals surface area contributed by atoms with Crippen LogP contribution in [0.25, 0.3) is 0 Å². The molecule has 0 aromatic heterocycles.